The smallest absolute Gasteiger partial charge is 0.224 e. The van der Waals surface area contributed by atoms with E-state index in [4.69, 9.17) is 17.3 Å². The standard InChI is InChI=1S/C11H17ClN4/c1-8-3-2-5-16(6-4-8)10-9(13)7-14-11(12)15-10/h7-8H,2-6,13H2,1H3. The molecule has 1 aliphatic heterocycles. The Labute approximate surface area is 101 Å². The summed E-state index contributed by atoms with van der Waals surface area (Å²) in [5, 5.41) is 0.265. The summed E-state index contributed by atoms with van der Waals surface area (Å²) < 4.78 is 0. The summed E-state index contributed by atoms with van der Waals surface area (Å²) in [5.74, 6) is 1.57. The monoisotopic (exact) mass is 240 g/mol. The van der Waals surface area contributed by atoms with E-state index in [1.165, 1.54) is 19.3 Å². The van der Waals surface area contributed by atoms with Gasteiger partial charge in [0.25, 0.3) is 0 Å². The van der Waals surface area contributed by atoms with Crippen molar-refractivity contribution in [1.29, 1.82) is 0 Å². The van der Waals surface area contributed by atoms with Gasteiger partial charge in [0.15, 0.2) is 5.82 Å². The minimum atomic E-state index is 0.265. The predicted molar refractivity (Wildman–Crippen MR) is 66.7 cm³/mol. The zero-order valence-electron chi connectivity index (χ0n) is 9.49. The molecule has 88 valence electrons. The Kier molecular flexibility index (Phi) is 3.49. The third kappa shape index (κ3) is 2.55. The first-order chi connectivity index (χ1) is 7.66. The lowest BCUT2D eigenvalue weighted by molar-refractivity contribution is 0.521. The van der Waals surface area contributed by atoms with Gasteiger partial charge in [0.2, 0.25) is 5.28 Å². The molecule has 1 saturated heterocycles. The molecule has 0 aliphatic carbocycles. The number of nitrogens with zero attached hydrogens (tertiary/aromatic N) is 3. The van der Waals surface area contributed by atoms with Gasteiger partial charge in [-0.1, -0.05) is 6.92 Å². The predicted octanol–water partition coefficient (Wildman–Crippen LogP) is 2.34. The maximum absolute atomic E-state index is 5.88. The van der Waals surface area contributed by atoms with E-state index >= 15 is 0 Å². The van der Waals surface area contributed by atoms with E-state index in [0.717, 1.165) is 24.8 Å². The molecule has 0 amide bonds. The third-order valence-corrected chi connectivity index (χ3v) is 3.26. The van der Waals surface area contributed by atoms with Gasteiger partial charge in [0.05, 0.1) is 11.9 Å². The summed E-state index contributed by atoms with van der Waals surface area (Å²) in [6.07, 6.45) is 5.22. The average molecular weight is 241 g/mol. The zero-order chi connectivity index (χ0) is 11.5. The van der Waals surface area contributed by atoms with Crippen molar-refractivity contribution in [2.75, 3.05) is 23.7 Å². The molecule has 16 heavy (non-hydrogen) atoms. The number of rotatable bonds is 1. The SMILES string of the molecule is CC1CCCN(c2nc(Cl)ncc2N)CC1. The topological polar surface area (TPSA) is 55.0 Å². The Balaban J connectivity index is 2.19. The fourth-order valence-corrected chi connectivity index (χ4v) is 2.22. The van der Waals surface area contributed by atoms with Crippen molar-refractivity contribution in [2.24, 2.45) is 5.92 Å². The molecule has 5 heteroatoms. The fraction of sp³-hybridized carbons (Fsp3) is 0.636. The quantitative estimate of drug-likeness (QED) is 0.766. The first-order valence-corrected chi connectivity index (χ1v) is 6.07. The number of hydrogen-bond donors (Lipinski definition) is 1. The van der Waals surface area contributed by atoms with Crippen LogP contribution in [0.1, 0.15) is 26.2 Å². The van der Waals surface area contributed by atoms with Gasteiger partial charge in [-0.25, -0.2) is 4.98 Å². The van der Waals surface area contributed by atoms with Crippen molar-refractivity contribution in [3.8, 4) is 0 Å². The summed E-state index contributed by atoms with van der Waals surface area (Å²) in [4.78, 5) is 10.3. The summed E-state index contributed by atoms with van der Waals surface area (Å²) in [6, 6.07) is 0. The molecule has 1 aromatic rings. The molecule has 0 aromatic carbocycles. The first kappa shape index (κ1) is 11.5. The van der Waals surface area contributed by atoms with Crippen LogP contribution in [0, 0.1) is 5.92 Å². The molecule has 0 spiro atoms. The number of anilines is 2. The van der Waals surface area contributed by atoms with E-state index in [9.17, 15) is 0 Å². The minimum absolute atomic E-state index is 0.265. The second-order valence-corrected chi connectivity index (χ2v) is 4.78. The lowest BCUT2D eigenvalue weighted by atomic mass is 10.0. The van der Waals surface area contributed by atoms with Crippen LogP contribution in [-0.4, -0.2) is 23.1 Å². The van der Waals surface area contributed by atoms with Crippen LogP contribution in [0.5, 0.6) is 0 Å². The van der Waals surface area contributed by atoms with E-state index in [-0.39, 0.29) is 5.28 Å². The normalized spacial score (nSPS) is 21.9. The van der Waals surface area contributed by atoms with Gasteiger partial charge in [0, 0.05) is 13.1 Å². The van der Waals surface area contributed by atoms with E-state index in [1.807, 2.05) is 0 Å². The molecule has 1 atom stereocenters. The summed E-state index contributed by atoms with van der Waals surface area (Å²) in [5.41, 5.74) is 6.49. The molecular formula is C11H17ClN4. The zero-order valence-corrected chi connectivity index (χ0v) is 10.2. The van der Waals surface area contributed by atoms with Crippen LogP contribution in [0.3, 0.4) is 0 Å². The minimum Gasteiger partial charge on any atom is -0.394 e. The molecule has 0 saturated carbocycles. The number of hydrogen-bond acceptors (Lipinski definition) is 4. The molecule has 2 N–H and O–H groups in total. The van der Waals surface area contributed by atoms with Crippen LogP contribution >= 0.6 is 11.6 Å². The Bertz CT molecular complexity index is 369. The number of halogens is 1. The molecular weight excluding hydrogens is 224 g/mol. The Hall–Kier alpha value is -1.03. The van der Waals surface area contributed by atoms with Gasteiger partial charge in [-0.15, -0.1) is 0 Å². The molecule has 4 nitrogen and oxygen atoms in total. The van der Waals surface area contributed by atoms with Crippen molar-refractivity contribution in [3.63, 3.8) is 0 Å². The number of aromatic nitrogens is 2. The van der Waals surface area contributed by atoms with Crippen LogP contribution < -0.4 is 10.6 Å². The lowest BCUT2D eigenvalue weighted by Gasteiger charge is -2.22. The highest BCUT2D eigenvalue weighted by Crippen LogP contribution is 2.25. The first-order valence-electron chi connectivity index (χ1n) is 5.70. The van der Waals surface area contributed by atoms with Crippen molar-refractivity contribution in [1.82, 2.24) is 9.97 Å². The van der Waals surface area contributed by atoms with Gasteiger partial charge >= 0.3 is 0 Å². The van der Waals surface area contributed by atoms with Gasteiger partial charge in [-0.2, -0.15) is 4.98 Å². The Morgan fingerprint density at radius 2 is 2.25 bits per heavy atom. The van der Waals surface area contributed by atoms with E-state index in [1.54, 1.807) is 6.20 Å². The van der Waals surface area contributed by atoms with Crippen molar-refractivity contribution in [3.05, 3.63) is 11.5 Å². The summed E-state index contributed by atoms with van der Waals surface area (Å²) in [6.45, 7) is 4.29. The van der Waals surface area contributed by atoms with E-state index in [2.05, 4.69) is 21.8 Å². The molecule has 0 bridgehead atoms. The Morgan fingerprint density at radius 1 is 1.44 bits per heavy atom. The number of nitrogen functional groups attached to an aromatic ring is 1. The second-order valence-electron chi connectivity index (χ2n) is 4.44. The second kappa shape index (κ2) is 4.87. The fourth-order valence-electron chi connectivity index (χ4n) is 2.09. The number of nitrogens with two attached hydrogens (primary N) is 1. The summed E-state index contributed by atoms with van der Waals surface area (Å²) >= 11 is 5.80. The van der Waals surface area contributed by atoms with Gasteiger partial charge in [-0.05, 0) is 36.8 Å². The Morgan fingerprint density at radius 3 is 3.06 bits per heavy atom. The van der Waals surface area contributed by atoms with Crippen molar-refractivity contribution >= 4 is 23.1 Å². The molecule has 2 rings (SSSR count). The van der Waals surface area contributed by atoms with Crippen molar-refractivity contribution < 1.29 is 0 Å². The third-order valence-electron chi connectivity index (χ3n) is 3.08. The molecule has 1 aromatic heterocycles. The summed E-state index contributed by atoms with van der Waals surface area (Å²) in [7, 11) is 0. The highest BCUT2D eigenvalue weighted by Gasteiger charge is 2.17. The molecule has 1 unspecified atom stereocenters. The molecule has 2 heterocycles. The van der Waals surface area contributed by atoms with Crippen LogP contribution in [-0.2, 0) is 0 Å². The lowest BCUT2D eigenvalue weighted by Crippen LogP contribution is -2.26. The molecule has 1 fully saturated rings. The van der Waals surface area contributed by atoms with E-state index < -0.39 is 0 Å². The van der Waals surface area contributed by atoms with Gasteiger partial charge in [-0.3, -0.25) is 0 Å². The van der Waals surface area contributed by atoms with Crippen LogP contribution in [0.2, 0.25) is 5.28 Å². The average Bonchev–Trinajstić information content (AvgIpc) is 2.47. The van der Waals surface area contributed by atoms with Gasteiger partial charge < -0.3 is 10.6 Å². The largest absolute Gasteiger partial charge is 0.394 e. The highest BCUT2D eigenvalue weighted by atomic mass is 35.5. The van der Waals surface area contributed by atoms with E-state index in [0.29, 0.717) is 5.69 Å². The van der Waals surface area contributed by atoms with Crippen LogP contribution in [0.4, 0.5) is 11.5 Å². The van der Waals surface area contributed by atoms with Crippen LogP contribution in [0.25, 0.3) is 0 Å². The molecule has 1 aliphatic rings. The van der Waals surface area contributed by atoms with Crippen LogP contribution in [0.15, 0.2) is 6.20 Å². The van der Waals surface area contributed by atoms with Crippen molar-refractivity contribution in [2.45, 2.75) is 26.2 Å². The maximum Gasteiger partial charge on any atom is 0.224 e. The molecule has 0 radical (unpaired) electrons. The van der Waals surface area contributed by atoms with Gasteiger partial charge in [0.1, 0.15) is 0 Å². The maximum atomic E-state index is 5.88. The highest BCUT2D eigenvalue weighted by molar-refractivity contribution is 6.28.